The number of carboxylic acids is 1. The van der Waals surface area contributed by atoms with E-state index in [1.54, 1.807) is 13.8 Å². The first-order valence-corrected chi connectivity index (χ1v) is 6.33. The van der Waals surface area contributed by atoms with Crippen LogP contribution in [0.4, 0.5) is 0 Å². The average Bonchev–Trinajstić information content (AvgIpc) is 2.58. The van der Waals surface area contributed by atoms with Crippen LogP contribution in [0.15, 0.2) is 0 Å². The molecule has 0 aromatic carbocycles. The van der Waals surface area contributed by atoms with Crippen molar-refractivity contribution in [3.63, 3.8) is 0 Å². The summed E-state index contributed by atoms with van der Waals surface area (Å²) in [4.78, 5) is 35.2. The van der Waals surface area contributed by atoms with Gasteiger partial charge in [-0.25, -0.2) is 4.79 Å². The third kappa shape index (κ3) is 3.12. The minimum atomic E-state index is -1.01. The fraction of sp³-hybridized carbons (Fsp3) is 0.700. The van der Waals surface area contributed by atoms with Crippen molar-refractivity contribution in [1.29, 1.82) is 0 Å². The summed E-state index contributed by atoms with van der Waals surface area (Å²) in [6, 6.07) is -1.51. The number of carbonyl (C=O) groups is 3. The molecule has 0 bridgehead atoms. The maximum atomic E-state index is 12.0. The highest BCUT2D eigenvalue weighted by Gasteiger charge is 2.40. The number of rotatable bonds is 3. The van der Waals surface area contributed by atoms with E-state index in [1.165, 1.54) is 23.6 Å². The molecule has 0 aromatic heterocycles. The normalized spacial score (nSPS) is 25.5. The highest BCUT2D eigenvalue weighted by Crippen LogP contribution is 2.29. The molecule has 2 amide bonds. The molecule has 3 unspecified atom stereocenters. The maximum absolute atomic E-state index is 12.0. The van der Waals surface area contributed by atoms with Gasteiger partial charge in [0.1, 0.15) is 12.1 Å². The molecule has 0 aromatic rings. The van der Waals surface area contributed by atoms with Crippen LogP contribution in [0.5, 0.6) is 0 Å². The van der Waals surface area contributed by atoms with Crippen LogP contribution in [0, 0.1) is 0 Å². The topological polar surface area (TPSA) is 86.7 Å². The minimum absolute atomic E-state index is 0.181. The second-order valence-corrected chi connectivity index (χ2v) is 5.30. The van der Waals surface area contributed by atoms with Crippen LogP contribution in [-0.4, -0.2) is 51.0 Å². The van der Waals surface area contributed by atoms with Crippen molar-refractivity contribution in [2.45, 2.75) is 38.2 Å². The van der Waals surface area contributed by atoms with Crippen molar-refractivity contribution in [1.82, 2.24) is 10.2 Å². The van der Waals surface area contributed by atoms with Gasteiger partial charge >= 0.3 is 5.97 Å². The van der Waals surface area contributed by atoms with E-state index in [0.717, 1.165) is 0 Å². The van der Waals surface area contributed by atoms with Crippen molar-refractivity contribution in [2.75, 3.05) is 5.75 Å². The third-order valence-corrected chi connectivity index (χ3v) is 3.77. The van der Waals surface area contributed by atoms with E-state index in [4.69, 9.17) is 5.11 Å². The molecule has 0 spiro atoms. The summed E-state index contributed by atoms with van der Waals surface area (Å²) in [5, 5.41) is 11.3. The first kappa shape index (κ1) is 13.8. The van der Waals surface area contributed by atoms with Gasteiger partial charge < -0.3 is 15.3 Å². The van der Waals surface area contributed by atoms with Crippen LogP contribution in [0.2, 0.25) is 0 Å². The largest absolute Gasteiger partial charge is 0.480 e. The Balaban J connectivity index is 2.78. The van der Waals surface area contributed by atoms with E-state index in [2.05, 4.69) is 5.32 Å². The number of aliphatic carboxylic acids is 1. The third-order valence-electron chi connectivity index (χ3n) is 2.55. The Morgan fingerprint density at radius 3 is 2.53 bits per heavy atom. The predicted octanol–water partition coefficient (Wildman–Crippen LogP) is -0.114. The second kappa shape index (κ2) is 5.39. The molecule has 1 rings (SSSR count). The number of amides is 2. The molecule has 3 atom stereocenters. The molecular formula is C10H16N2O4S. The second-order valence-electron chi connectivity index (χ2n) is 3.95. The lowest BCUT2D eigenvalue weighted by atomic mass is 10.2. The lowest BCUT2D eigenvalue weighted by Gasteiger charge is -2.28. The molecule has 1 saturated heterocycles. The molecule has 96 valence electrons. The predicted molar refractivity (Wildman–Crippen MR) is 63.5 cm³/mol. The molecule has 0 saturated carbocycles. The summed E-state index contributed by atoms with van der Waals surface area (Å²) in [6.07, 6.45) is 0. The van der Waals surface area contributed by atoms with Crippen LogP contribution < -0.4 is 5.32 Å². The number of thioether (sulfide) groups is 1. The van der Waals surface area contributed by atoms with Gasteiger partial charge in [0.15, 0.2) is 0 Å². The standard InChI is InChI=1S/C10H16N2O4S/c1-5(11-6(2)13)9(14)12-7(3)17-4-8(12)10(15)16/h5,7-8H,4H2,1-3H3,(H,11,13)(H,15,16). The van der Waals surface area contributed by atoms with Crippen molar-refractivity contribution in [3.8, 4) is 0 Å². The van der Waals surface area contributed by atoms with Crippen molar-refractivity contribution in [2.24, 2.45) is 0 Å². The monoisotopic (exact) mass is 260 g/mol. The molecule has 17 heavy (non-hydrogen) atoms. The Bertz CT molecular complexity index is 347. The van der Waals surface area contributed by atoms with Gasteiger partial charge in [0, 0.05) is 12.7 Å². The van der Waals surface area contributed by atoms with E-state index < -0.39 is 18.1 Å². The number of nitrogens with zero attached hydrogens (tertiary/aromatic N) is 1. The van der Waals surface area contributed by atoms with Crippen LogP contribution in [0.1, 0.15) is 20.8 Å². The van der Waals surface area contributed by atoms with Crippen LogP contribution in [-0.2, 0) is 14.4 Å². The number of nitrogens with one attached hydrogen (secondary N) is 1. The van der Waals surface area contributed by atoms with E-state index >= 15 is 0 Å². The van der Waals surface area contributed by atoms with Crippen molar-refractivity contribution < 1.29 is 19.5 Å². The summed E-state index contributed by atoms with van der Waals surface area (Å²) >= 11 is 1.42. The molecule has 6 nitrogen and oxygen atoms in total. The summed E-state index contributed by atoms with van der Waals surface area (Å²) in [5.41, 5.74) is 0. The van der Waals surface area contributed by atoms with E-state index in [0.29, 0.717) is 5.75 Å². The van der Waals surface area contributed by atoms with Crippen molar-refractivity contribution in [3.05, 3.63) is 0 Å². The van der Waals surface area contributed by atoms with Gasteiger partial charge in [-0.05, 0) is 13.8 Å². The summed E-state index contributed by atoms with van der Waals surface area (Å²) < 4.78 is 0. The SMILES string of the molecule is CC(=O)NC(C)C(=O)N1C(C)SCC1C(=O)O. The van der Waals surface area contributed by atoms with Gasteiger partial charge in [0.2, 0.25) is 11.8 Å². The Labute approximate surface area is 104 Å². The number of hydrogen-bond acceptors (Lipinski definition) is 4. The molecule has 0 radical (unpaired) electrons. The molecule has 1 heterocycles. The zero-order valence-electron chi connectivity index (χ0n) is 9.97. The maximum Gasteiger partial charge on any atom is 0.327 e. The van der Waals surface area contributed by atoms with Crippen LogP contribution in [0.25, 0.3) is 0 Å². The number of carbonyl (C=O) groups excluding carboxylic acids is 2. The molecule has 2 N–H and O–H groups in total. The number of carboxylic acid groups (broad SMARTS) is 1. The van der Waals surface area contributed by atoms with Gasteiger partial charge in [-0.15, -0.1) is 11.8 Å². The van der Waals surface area contributed by atoms with E-state index in [9.17, 15) is 14.4 Å². The van der Waals surface area contributed by atoms with Crippen LogP contribution in [0.3, 0.4) is 0 Å². The van der Waals surface area contributed by atoms with Gasteiger partial charge in [0.25, 0.3) is 0 Å². The molecule has 1 aliphatic heterocycles. The van der Waals surface area contributed by atoms with Gasteiger partial charge in [-0.1, -0.05) is 0 Å². The molecule has 7 heteroatoms. The summed E-state index contributed by atoms with van der Waals surface area (Å²) in [6.45, 7) is 4.66. The quantitative estimate of drug-likeness (QED) is 0.739. The summed E-state index contributed by atoms with van der Waals surface area (Å²) in [5.74, 6) is -1.29. The Hall–Kier alpha value is -1.24. The summed E-state index contributed by atoms with van der Waals surface area (Å²) in [7, 11) is 0. The van der Waals surface area contributed by atoms with E-state index in [-0.39, 0.29) is 17.2 Å². The first-order chi connectivity index (χ1) is 7.84. The zero-order valence-corrected chi connectivity index (χ0v) is 10.8. The van der Waals surface area contributed by atoms with Crippen LogP contribution >= 0.6 is 11.8 Å². The first-order valence-electron chi connectivity index (χ1n) is 5.28. The highest BCUT2D eigenvalue weighted by atomic mass is 32.2. The fourth-order valence-corrected chi connectivity index (χ4v) is 2.93. The van der Waals surface area contributed by atoms with Gasteiger partial charge in [-0.2, -0.15) is 0 Å². The lowest BCUT2D eigenvalue weighted by Crippen LogP contribution is -2.52. The molecule has 0 aliphatic carbocycles. The average molecular weight is 260 g/mol. The van der Waals surface area contributed by atoms with E-state index in [1.807, 2.05) is 0 Å². The Kier molecular flexibility index (Phi) is 4.39. The lowest BCUT2D eigenvalue weighted by molar-refractivity contribution is -0.149. The Morgan fingerprint density at radius 2 is 2.06 bits per heavy atom. The van der Waals surface area contributed by atoms with Crippen molar-refractivity contribution >= 4 is 29.5 Å². The molecule has 1 aliphatic rings. The number of hydrogen-bond donors (Lipinski definition) is 2. The Morgan fingerprint density at radius 1 is 1.47 bits per heavy atom. The highest BCUT2D eigenvalue weighted by molar-refractivity contribution is 8.00. The molecular weight excluding hydrogens is 244 g/mol. The minimum Gasteiger partial charge on any atom is -0.480 e. The van der Waals surface area contributed by atoms with Gasteiger partial charge in [-0.3, -0.25) is 9.59 Å². The van der Waals surface area contributed by atoms with Gasteiger partial charge in [0.05, 0.1) is 5.37 Å². The smallest absolute Gasteiger partial charge is 0.327 e. The molecule has 1 fully saturated rings. The fourth-order valence-electron chi connectivity index (χ4n) is 1.76. The zero-order chi connectivity index (χ0) is 13.2.